The molecule has 1 fully saturated rings. The minimum atomic E-state index is -0.0749. The van der Waals surface area contributed by atoms with Gasteiger partial charge in [0.05, 0.1) is 5.56 Å². The molecule has 1 aliphatic carbocycles. The van der Waals surface area contributed by atoms with Gasteiger partial charge in [0.1, 0.15) is 17.6 Å². The second kappa shape index (κ2) is 7.58. The maximum Gasteiger partial charge on any atom is 0.255 e. The van der Waals surface area contributed by atoms with Crippen molar-refractivity contribution in [1.29, 1.82) is 0 Å². The Morgan fingerprint density at radius 2 is 2.00 bits per heavy atom. The molecule has 1 N–H and O–H groups in total. The van der Waals surface area contributed by atoms with Gasteiger partial charge < -0.3 is 14.5 Å². The number of ether oxygens (including phenoxy) is 1. The fraction of sp³-hybridized carbons (Fsp3) is 0.550. The maximum atomic E-state index is 12.7. The van der Waals surface area contributed by atoms with Gasteiger partial charge in [-0.1, -0.05) is 0 Å². The number of hydrogen-bond acceptors (Lipinski definition) is 5. The van der Waals surface area contributed by atoms with Crippen LogP contribution in [0, 0.1) is 6.92 Å². The summed E-state index contributed by atoms with van der Waals surface area (Å²) in [5.74, 6) is 2.36. The van der Waals surface area contributed by atoms with Crippen LogP contribution in [0.4, 0.5) is 0 Å². The minimum Gasteiger partial charge on any atom is -0.465 e. The largest absolute Gasteiger partial charge is 0.465 e. The van der Waals surface area contributed by atoms with Gasteiger partial charge in [0.2, 0.25) is 0 Å². The second-order valence-corrected chi connectivity index (χ2v) is 7.13. The molecule has 0 saturated carbocycles. The smallest absolute Gasteiger partial charge is 0.255 e. The molecule has 6 nitrogen and oxygen atoms in total. The number of aryl methyl sites for hydroxylation is 2. The Kier molecular flexibility index (Phi) is 5.02. The van der Waals surface area contributed by atoms with Gasteiger partial charge >= 0.3 is 0 Å². The Morgan fingerprint density at radius 1 is 1.19 bits per heavy atom. The summed E-state index contributed by atoms with van der Waals surface area (Å²) in [5, 5.41) is 2.98. The monoisotopic (exact) mass is 355 g/mol. The molecule has 3 heterocycles. The number of nitrogens with one attached hydrogen (secondary N) is 1. The predicted octanol–water partition coefficient (Wildman–Crippen LogP) is 3.43. The molecule has 6 heteroatoms. The molecule has 1 amide bonds. The van der Waals surface area contributed by atoms with Gasteiger partial charge in [-0.2, -0.15) is 0 Å². The van der Waals surface area contributed by atoms with E-state index in [1.165, 1.54) is 0 Å². The Bertz CT molecular complexity index is 776. The first-order valence-corrected chi connectivity index (χ1v) is 9.54. The molecule has 138 valence electrons. The highest BCUT2D eigenvalue weighted by molar-refractivity contribution is 5.97. The molecule has 2 aromatic rings. The van der Waals surface area contributed by atoms with Crippen LogP contribution in [0.25, 0.3) is 0 Å². The summed E-state index contributed by atoms with van der Waals surface area (Å²) in [6, 6.07) is 0. The van der Waals surface area contributed by atoms with E-state index in [0.29, 0.717) is 12.1 Å². The summed E-state index contributed by atoms with van der Waals surface area (Å²) in [6.07, 6.45) is 10.9. The van der Waals surface area contributed by atoms with E-state index in [4.69, 9.17) is 9.15 Å². The summed E-state index contributed by atoms with van der Waals surface area (Å²) in [5.41, 5.74) is 2.69. The first kappa shape index (κ1) is 17.2. The zero-order chi connectivity index (χ0) is 17.9. The average Bonchev–Trinajstić information content (AvgIpc) is 3.03. The number of carbonyl (C=O) groups is 1. The molecule has 2 aromatic heterocycles. The van der Waals surface area contributed by atoms with Gasteiger partial charge in [-0.25, -0.2) is 9.97 Å². The Hall–Kier alpha value is -2.21. The van der Waals surface area contributed by atoms with Crippen molar-refractivity contribution in [2.45, 2.75) is 64.5 Å². The van der Waals surface area contributed by atoms with Crippen molar-refractivity contribution < 1.29 is 13.9 Å². The molecule has 0 spiro atoms. The molecule has 0 aromatic carbocycles. The molecule has 1 aliphatic heterocycles. The van der Waals surface area contributed by atoms with Crippen LogP contribution in [-0.2, 0) is 24.1 Å². The van der Waals surface area contributed by atoms with Crippen molar-refractivity contribution in [2.75, 3.05) is 6.61 Å². The van der Waals surface area contributed by atoms with E-state index >= 15 is 0 Å². The van der Waals surface area contributed by atoms with Crippen molar-refractivity contribution in [3.05, 3.63) is 46.4 Å². The molecular weight excluding hydrogens is 330 g/mol. The van der Waals surface area contributed by atoms with E-state index in [2.05, 4.69) is 15.3 Å². The number of rotatable bonds is 4. The van der Waals surface area contributed by atoms with Crippen LogP contribution in [0.2, 0.25) is 0 Å². The first-order chi connectivity index (χ1) is 12.7. The summed E-state index contributed by atoms with van der Waals surface area (Å²) in [4.78, 5) is 21.5. The average molecular weight is 355 g/mol. The van der Waals surface area contributed by atoms with E-state index in [1.54, 1.807) is 12.4 Å². The van der Waals surface area contributed by atoms with Crippen molar-refractivity contribution in [1.82, 2.24) is 15.3 Å². The van der Waals surface area contributed by atoms with Crippen LogP contribution in [0.15, 0.2) is 16.8 Å². The first-order valence-electron chi connectivity index (χ1n) is 9.54. The van der Waals surface area contributed by atoms with Crippen LogP contribution in [-0.4, -0.2) is 22.5 Å². The molecule has 2 aliphatic rings. The molecule has 1 saturated heterocycles. The predicted molar refractivity (Wildman–Crippen MR) is 95.8 cm³/mol. The van der Waals surface area contributed by atoms with Crippen LogP contribution in [0.1, 0.15) is 77.0 Å². The Balaban J connectivity index is 1.39. The summed E-state index contributed by atoms with van der Waals surface area (Å²) in [7, 11) is 0. The van der Waals surface area contributed by atoms with E-state index in [9.17, 15) is 4.79 Å². The van der Waals surface area contributed by atoms with Crippen molar-refractivity contribution >= 4 is 5.91 Å². The van der Waals surface area contributed by atoms with Gasteiger partial charge in [0.15, 0.2) is 5.82 Å². The van der Waals surface area contributed by atoms with Gasteiger partial charge in [0.25, 0.3) is 5.91 Å². The standard InChI is InChI=1S/C20H25N3O3/c1-13-18(15-6-2-3-7-16(15)26-13)20(24)23-12-14-10-21-19(22-11-14)17-8-4-5-9-25-17/h10-11,17H,2-9,12H2,1H3,(H,23,24)/t17-/m1/s1. The molecule has 0 unspecified atom stereocenters. The van der Waals surface area contributed by atoms with E-state index in [-0.39, 0.29) is 12.0 Å². The van der Waals surface area contributed by atoms with E-state index in [1.807, 2.05) is 6.92 Å². The lowest BCUT2D eigenvalue weighted by Gasteiger charge is -2.21. The molecule has 0 bridgehead atoms. The summed E-state index contributed by atoms with van der Waals surface area (Å²) >= 11 is 0. The number of hydrogen-bond donors (Lipinski definition) is 1. The fourth-order valence-corrected chi connectivity index (χ4v) is 3.84. The highest BCUT2D eigenvalue weighted by Gasteiger charge is 2.25. The lowest BCUT2D eigenvalue weighted by molar-refractivity contribution is 0.00940. The highest BCUT2D eigenvalue weighted by atomic mass is 16.5. The zero-order valence-corrected chi connectivity index (χ0v) is 15.2. The van der Waals surface area contributed by atoms with Gasteiger partial charge in [0, 0.05) is 43.1 Å². The second-order valence-electron chi connectivity index (χ2n) is 7.13. The molecule has 26 heavy (non-hydrogen) atoms. The molecule has 1 atom stereocenters. The maximum absolute atomic E-state index is 12.7. The summed E-state index contributed by atoms with van der Waals surface area (Å²) in [6.45, 7) is 3.06. The topological polar surface area (TPSA) is 77.2 Å². The fourth-order valence-electron chi connectivity index (χ4n) is 3.84. The normalized spacial score (nSPS) is 19.8. The van der Waals surface area contributed by atoms with Crippen LogP contribution in [0.3, 0.4) is 0 Å². The zero-order valence-electron chi connectivity index (χ0n) is 15.2. The number of carbonyl (C=O) groups excluding carboxylic acids is 1. The van der Waals surface area contributed by atoms with E-state index < -0.39 is 0 Å². The lowest BCUT2D eigenvalue weighted by atomic mass is 9.94. The summed E-state index contributed by atoms with van der Waals surface area (Å²) < 4.78 is 11.5. The number of nitrogens with zero attached hydrogens (tertiary/aromatic N) is 2. The third-order valence-corrected chi connectivity index (χ3v) is 5.22. The SMILES string of the molecule is Cc1oc2c(c1C(=O)NCc1cnc([C@H]3CCCCO3)nc1)CCCC2. The van der Waals surface area contributed by atoms with Gasteiger partial charge in [-0.05, 0) is 45.4 Å². The highest BCUT2D eigenvalue weighted by Crippen LogP contribution is 2.29. The molecular formula is C20H25N3O3. The third-order valence-electron chi connectivity index (χ3n) is 5.22. The van der Waals surface area contributed by atoms with Crippen LogP contribution in [0.5, 0.6) is 0 Å². The molecule has 4 rings (SSSR count). The quantitative estimate of drug-likeness (QED) is 0.909. The third kappa shape index (κ3) is 3.51. The number of fused-ring (bicyclic) bond motifs is 1. The van der Waals surface area contributed by atoms with Crippen molar-refractivity contribution in [3.63, 3.8) is 0 Å². The number of furan rings is 1. The van der Waals surface area contributed by atoms with Gasteiger partial charge in [-0.15, -0.1) is 0 Å². The number of aromatic nitrogens is 2. The van der Waals surface area contributed by atoms with Crippen molar-refractivity contribution in [2.24, 2.45) is 0 Å². The number of amides is 1. The molecule has 0 radical (unpaired) electrons. The van der Waals surface area contributed by atoms with Crippen molar-refractivity contribution in [3.8, 4) is 0 Å². The minimum absolute atomic E-state index is 0.00694. The Labute approximate surface area is 153 Å². The van der Waals surface area contributed by atoms with E-state index in [0.717, 1.165) is 80.0 Å². The van der Waals surface area contributed by atoms with Crippen LogP contribution >= 0.6 is 0 Å². The Morgan fingerprint density at radius 3 is 2.77 bits per heavy atom. The van der Waals surface area contributed by atoms with Crippen LogP contribution < -0.4 is 5.32 Å². The lowest BCUT2D eigenvalue weighted by Crippen LogP contribution is -2.25. The van der Waals surface area contributed by atoms with Gasteiger partial charge in [-0.3, -0.25) is 4.79 Å².